The predicted octanol–water partition coefficient (Wildman–Crippen LogP) is 2.24. The van der Waals surface area contributed by atoms with Gasteiger partial charge in [-0.05, 0) is 6.07 Å². The summed E-state index contributed by atoms with van der Waals surface area (Å²) in [5.74, 6) is -1.64. The van der Waals surface area contributed by atoms with Crippen molar-refractivity contribution in [1.82, 2.24) is 0 Å². The van der Waals surface area contributed by atoms with E-state index < -0.39 is 24.7 Å². The first-order valence-corrected chi connectivity index (χ1v) is 4.85. The molecule has 0 saturated heterocycles. The van der Waals surface area contributed by atoms with Gasteiger partial charge in [0.25, 0.3) is 6.43 Å². The van der Waals surface area contributed by atoms with E-state index in [-0.39, 0.29) is 24.5 Å². The van der Waals surface area contributed by atoms with Gasteiger partial charge in [0.05, 0.1) is 18.0 Å². The maximum atomic E-state index is 13.0. The summed E-state index contributed by atoms with van der Waals surface area (Å²) in [6.45, 7) is -0.559. The van der Waals surface area contributed by atoms with Crippen molar-refractivity contribution in [2.45, 2.75) is 6.43 Å². The molecule has 1 aromatic carbocycles. The molecule has 17 heavy (non-hydrogen) atoms. The molecule has 96 valence electrons. The molecule has 0 fully saturated rings. The SMILES string of the molecule is Nc1c(F)cc(F)cc1NCCOCC(F)F. The third-order valence-electron chi connectivity index (χ3n) is 1.90. The van der Waals surface area contributed by atoms with Crippen LogP contribution in [0.5, 0.6) is 0 Å². The number of halogens is 4. The minimum atomic E-state index is -2.54. The molecule has 0 atom stereocenters. The number of nitrogen functional groups attached to an aromatic ring is 1. The molecule has 0 heterocycles. The van der Waals surface area contributed by atoms with Gasteiger partial charge in [-0.2, -0.15) is 0 Å². The van der Waals surface area contributed by atoms with Crippen LogP contribution >= 0.6 is 0 Å². The van der Waals surface area contributed by atoms with Gasteiger partial charge in [0.2, 0.25) is 0 Å². The van der Waals surface area contributed by atoms with E-state index in [2.05, 4.69) is 10.1 Å². The average Bonchev–Trinajstić information content (AvgIpc) is 2.23. The summed E-state index contributed by atoms with van der Waals surface area (Å²) >= 11 is 0. The number of hydrogen-bond acceptors (Lipinski definition) is 3. The van der Waals surface area contributed by atoms with Crippen LogP contribution in [0.25, 0.3) is 0 Å². The summed E-state index contributed by atoms with van der Waals surface area (Å²) in [5.41, 5.74) is 5.20. The molecule has 1 aromatic rings. The number of nitrogens with two attached hydrogens (primary N) is 1. The molecule has 7 heteroatoms. The van der Waals surface area contributed by atoms with E-state index >= 15 is 0 Å². The molecule has 0 amide bonds. The van der Waals surface area contributed by atoms with Crippen molar-refractivity contribution in [1.29, 1.82) is 0 Å². The highest BCUT2D eigenvalue weighted by molar-refractivity contribution is 5.66. The van der Waals surface area contributed by atoms with Gasteiger partial charge in [-0.15, -0.1) is 0 Å². The Morgan fingerprint density at radius 1 is 1.29 bits per heavy atom. The zero-order valence-corrected chi connectivity index (χ0v) is 8.85. The van der Waals surface area contributed by atoms with E-state index in [1.165, 1.54) is 0 Å². The fourth-order valence-electron chi connectivity index (χ4n) is 1.16. The molecule has 0 aromatic heterocycles. The van der Waals surface area contributed by atoms with Crippen LogP contribution in [-0.2, 0) is 4.74 Å². The highest BCUT2D eigenvalue weighted by Gasteiger charge is 2.07. The summed E-state index contributed by atoms with van der Waals surface area (Å²) in [5, 5.41) is 2.59. The van der Waals surface area contributed by atoms with Crippen molar-refractivity contribution in [2.75, 3.05) is 30.8 Å². The summed E-state index contributed by atoms with van der Waals surface area (Å²) in [4.78, 5) is 0. The van der Waals surface area contributed by atoms with Crippen LogP contribution in [0.2, 0.25) is 0 Å². The zero-order valence-electron chi connectivity index (χ0n) is 8.85. The normalized spacial score (nSPS) is 10.9. The standard InChI is InChI=1S/C10H12F4N2O/c11-6-3-7(12)10(15)8(4-6)16-1-2-17-5-9(13)14/h3-4,9,16H,1-2,5,15H2. The van der Waals surface area contributed by atoms with Crippen LogP contribution < -0.4 is 11.1 Å². The van der Waals surface area contributed by atoms with Crippen LogP contribution in [0.3, 0.4) is 0 Å². The second kappa shape index (κ2) is 6.29. The van der Waals surface area contributed by atoms with Crippen molar-refractivity contribution in [3.05, 3.63) is 23.8 Å². The van der Waals surface area contributed by atoms with Crippen LogP contribution in [0.15, 0.2) is 12.1 Å². The second-order valence-electron chi connectivity index (χ2n) is 3.24. The average molecular weight is 252 g/mol. The Kier molecular flexibility index (Phi) is 5.02. The first-order chi connectivity index (χ1) is 8.00. The van der Waals surface area contributed by atoms with E-state index in [1.807, 2.05) is 0 Å². The maximum Gasteiger partial charge on any atom is 0.261 e. The van der Waals surface area contributed by atoms with Gasteiger partial charge in [-0.3, -0.25) is 0 Å². The minimum Gasteiger partial charge on any atom is -0.395 e. The summed E-state index contributed by atoms with van der Waals surface area (Å²) in [6, 6.07) is 1.68. The molecule has 0 radical (unpaired) electrons. The monoisotopic (exact) mass is 252 g/mol. The lowest BCUT2D eigenvalue weighted by atomic mass is 10.2. The number of anilines is 2. The van der Waals surface area contributed by atoms with Crippen molar-refractivity contribution in [2.24, 2.45) is 0 Å². The lowest BCUT2D eigenvalue weighted by Crippen LogP contribution is -2.14. The molecule has 0 aliphatic heterocycles. The quantitative estimate of drug-likeness (QED) is 0.463. The van der Waals surface area contributed by atoms with E-state index in [4.69, 9.17) is 5.73 Å². The molecule has 1 rings (SSSR count). The highest BCUT2D eigenvalue weighted by atomic mass is 19.3. The third-order valence-corrected chi connectivity index (χ3v) is 1.90. The molecular weight excluding hydrogens is 240 g/mol. The van der Waals surface area contributed by atoms with Crippen molar-refractivity contribution < 1.29 is 22.3 Å². The Morgan fingerprint density at radius 3 is 2.65 bits per heavy atom. The first kappa shape index (κ1) is 13.6. The first-order valence-electron chi connectivity index (χ1n) is 4.85. The molecule has 0 spiro atoms. The van der Waals surface area contributed by atoms with Crippen LogP contribution in [0.1, 0.15) is 0 Å². The molecule has 3 nitrogen and oxygen atoms in total. The van der Waals surface area contributed by atoms with Crippen LogP contribution in [0, 0.1) is 11.6 Å². The lowest BCUT2D eigenvalue weighted by molar-refractivity contribution is 0.0215. The summed E-state index contributed by atoms with van der Waals surface area (Å²) in [7, 11) is 0. The minimum absolute atomic E-state index is 0.0120. The van der Waals surface area contributed by atoms with Gasteiger partial charge in [-0.25, -0.2) is 17.6 Å². The Balaban J connectivity index is 2.41. The number of rotatable bonds is 6. The Hall–Kier alpha value is -1.50. The number of nitrogens with one attached hydrogen (secondary N) is 1. The van der Waals surface area contributed by atoms with Crippen LogP contribution in [-0.4, -0.2) is 26.2 Å². The van der Waals surface area contributed by atoms with Crippen molar-refractivity contribution in [3.63, 3.8) is 0 Å². The van der Waals surface area contributed by atoms with E-state index in [0.717, 1.165) is 6.07 Å². The Labute approximate surface area is 95.6 Å². The number of hydrogen-bond donors (Lipinski definition) is 2. The number of alkyl halides is 2. The lowest BCUT2D eigenvalue weighted by Gasteiger charge is -2.10. The van der Waals surface area contributed by atoms with Gasteiger partial charge in [0, 0.05) is 12.6 Å². The maximum absolute atomic E-state index is 13.0. The van der Waals surface area contributed by atoms with E-state index in [0.29, 0.717) is 6.07 Å². The van der Waals surface area contributed by atoms with Gasteiger partial charge in [0.15, 0.2) is 5.82 Å². The molecule has 0 aliphatic rings. The second-order valence-corrected chi connectivity index (χ2v) is 3.24. The van der Waals surface area contributed by atoms with Crippen LogP contribution in [0.4, 0.5) is 28.9 Å². The molecule has 0 aliphatic carbocycles. The fraction of sp³-hybridized carbons (Fsp3) is 0.400. The van der Waals surface area contributed by atoms with Crippen molar-refractivity contribution >= 4 is 11.4 Å². The Bertz CT molecular complexity index is 374. The zero-order chi connectivity index (χ0) is 12.8. The summed E-state index contributed by atoms with van der Waals surface area (Å²) < 4.78 is 53.8. The number of ether oxygens (including phenoxy) is 1. The molecular formula is C10H12F4N2O. The smallest absolute Gasteiger partial charge is 0.261 e. The highest BCUT2D eigenvalue weighted by Crippen LogP contribution is 2.22. The molecule has 0 bridgehead atoms. The van der Waals surface area contributed by atoms with Crippen molar-refractivity contribution in [3.8, 4) is 0 Å². The van der Waals surface area contributed by atoms with Gasteiger partial charge in [-0.1, -0.05) is 0 Å². The fourth-order valence-corrected chi connectivity index (χ4v) is 1.16. The van der Waals surface area contributed by atoms with Gasteiger partial charge in [0.1, 0.15) is 12.4 Å². The number of benzene rings is 1. The largest absolute Gasteiger partial charge is 0.395 e. The van der Waals surface area contributed by atoms with E-state index in [1.54, 1.807) is 0 Å². The summed E-state index contributed by atoms with van der Waals surface area (Å²) in [6.07, 6.45) is -2.54. The molecule has 3 N–H and O–H groups in total. The van der Waals surface area contributed by atoms with Gasteiger partial charge >= 0.3 is 0 Å². The Morgan fingerprint density at radius 2 is 2.00 bits per heavy atom. The molecule has 0 unspecified atom stereocenters. The molecule has 0 saturated carbocycles. The van der Waals surface area contributed by atoms with Gasteiger partial charge < -0.3 is 15.8 Å². The predicted molar refractivity (Wildman–Crippen MR) is 56.1 cm³/mol. The van der Waals surface area contributed by atoms with E-state index in [9.17, 15) is 17.6 Å². The third kappa shape index (κ3) is 4.48. The topological polar surface area (TPSA) is 47.3 Å².